The molecule has 0 aliphatic carbocycles. The molecule has 1 aromatic carbocycles. The Balaban J connectivity index is 2.79. The van der Waals surface area contributed by atoms with E-state index in [4.69, 9.17) is 0 Å². The van der Waals surface area contributed by atoms with Crippen LogP contribution in [0.1, 0.15) is 23.7 Å². The average molecular weight is 164 g/mol. The van der Waals surface area contributed by atoms with Crippen LogP contribution in [-0.2, 0) is 0 Å². The van der Waals surface area contributed by atoms with Crippen LogP contribution in [0.2, 0.25) is 0 Å². The number of carbonyl (C=O) groups is 1. The molecule has 0 saturated heterocycles. The monoisotopic (exact) mass is 164 g/mol. The van der Waals surface area contributed by atoms with Gasteiger partial charge in [0.25, 0.3) is 0 Å². The Bertz CT molecular complexity index is 254. The van der Waals surface area contributed by atoms with Gasteiger partial charge in [-0.1, -0.05) is 37.3 Å². The maximum absolute atomic E-state index is 11.3. The van der Waals surface area contributed by atoms with Crippen molar-refractivity contribution < 1.29 is 9.90 Å². The molecule has 0 bridgehead atoms. The van der Waals surface area contributed by atoms with E-state index < -0.39 is 6.10 Å². The molecule has 12 heavy (non-hydrogen) atoms. The predicted molar refractivity (Wildman–Crippen MR) is 47.1 cm³/mol. The second-order valence-electron chi connectivity index (χ2n) is 2.65. The molecule has 0 aliphatic rings. The van der Waals surface area contributed by atoms with Crippen molar-refractivity contribution in [1.82, 2.24) is 0 Å². The van der Waals surface area contributed by atoms with E-state index in [0.29, 0.717) is 12.0 Å². The van der Waals surface area contributed by atoms with Gasteiger partial charge in [-0.3, -0.25) is 4.79 Å². The van der Waals surface area contributed by atoms with Gasteiger partial charge in [0, 0.05) is 5.56 Å². The number of aliphatic hydroxyl groups excluding tert-OH is 1. The van der Waals surface area contributed by atoms with Gasteiger partial charge in [0.2, 0.25) is 0 Å². The molecule has 1 rings (SSSR count). The van der Waals surface area contributed by atoms with E-state index in [9.17, 15) is 9.90 Å². The molecule has 0 saturated carbocycles. The summed E-state index contributed by atoms with van der Waals surface area (Å²) in [5, 5.41) is 9.23. The van der Waals surface area contributed by atoms with Gasteiger partial charge in [0.15, 0.2) is 5.78 Å². The van der Waals surface area contributed by atoms with Crippen molar-refractivity contribution in [2.45, 2.75) is 19.4 Å². The molecule has 0 radical (unpaired) electrons. The third-order valence-electron chi connectivity index (χ3n) is 1.75. The predicted octanol–water partition coefficient (Wildman–Crippen LogP) is 1.64. The minimum Gasteiger partial charge on any atom is -0.385 e. The number of hydrogen-bond donors (Lipinski definition) is 1. The van der Waals surface area contributed by atoms with Crippen LogP contribution in [0.25, 0.3) is 0 Å². The van der Waals surface area contributed by atoms with E-state index >= 15 is 0 Å². The summed E-state index contributed by atoms with van der Waals surface area (Å²) in [6.45, 7) is 1.78. The molecule has 0 spiro atoms. The fourth-order valence-corrected chi connectivity index (χ4v) is 0.980. The molecule has 0 fully saturated rings. The van der Waals surface area contributed by atoms with E-state index in [2.05, 4.69) is 0 Å². The zero-order valence-corrected chi connectivity index (χ0v) is 7.03. The Kier molecular flexibility index (Phi) is 3.00. The topological polar surface area (TPSA) is 37.3 Å². The Labute approximate surface area is 71.8 Å². The number of benzene rings is 1. The zero-order chi connectivity index (χ0) is 8.97. The van der Waals surface area contributed by atoms with Crippen molar-refractivity contribution in [3.63, 3.8) is 0 Å². The van der Waals surface area contributed by atoms with Crippen LogP contribution in [0.5, 0.6) is 0 Å². The highest BCUT2D eigenvalue weighted by Gasteiger charge is 2.13. The Morgan fingerprint density at radius 3 is 2.50 bits per heavy atom. The quantitative estimate of drug-likeness (QED) is 0.689. The molecule has 1 N–H and O–H groups in total. The highest BCUT2D eigenvalue weighted by Crippen LogP contribution is 2.04. The molecule has 2 nitrogen and oxygen atoms in total. The number of ketones is 1. The molecule has 0 amide bonds. The lowest BCUT2D eigenvalue weighted by molar-refractivity contribution is 0.0741. The lowest BCUT2D eigenvalue weighted by Gasteiger charge is -2.05. The summed E-state index contributed by atoms with van der Waals surface area (Å²) in [5.74, 6) is -0.196. The fourth-order valence-electron chi connectivity index (χ4n) is 0.980. The molecular weight excluding hydrogens is 152 g/mol. The molecule has 64 valence electrons. The maximum Gasteiger partial charge on any atom is 0.191 e. The van der Waals surface area contributed by atoms with Crippen LogP contribution in [-0.4, -0.2) is 17.0 Å². The molecule has 0 aromatic heterocycles. The van der Waals surface area contributed by atoms with Crippen LogP contribution < -0.4 is 0 Å². The van der Waals surface area contributed by atoms with Crippen LogP contribution >= 0.6 is 0 Å². The van der Waals surface area contributed by atoms with E-state index in [1.807, 2.05) is 6.07 Å². The first-order valence-corrected chi connectivity index (χ1v) is 4.03. The van der Waals surface area contributed by atoms with Crippen LogP contribution in [0.15, 0.2) is 30.3 Å². The number of hydrogen-bond acceptors (Lipinski definition) is 2. The molecule has 1 aromatic rings. The average Bonchev–Trinajstić information content (AvgIpc) is 2.17. The van der Waals surface area contributed by atoms with Gasteiger partial charge in [-0.05, 0) is 6.42 Å². The Hall–Kier alpha value is -1.15. The summed E-state index contributed by atoms with van der Waals surface area (Å²) in [4.78, 5) is 11.3. The van der Waals surface area contributed by atoms with Crippen molar-refractivity contribution in [2.75, 3.05) is 0 Å². The zero-order valence-electron chi connectivity index (χ0n) is 7.03. The highest BCUT2D eigenvalue weighted by atomic mass is 16.3. The summed E-state index contributed by atoms with van der Waals surface area (Å²) in [5.41, 5.74) is 0.576. The van der Waals surface area contributed by atoms with E-state index in [1.165, 1.54) is 0 Å². The fraction of sp³-hybridized carbons (Fsp3) is 0.300. The van der Waals surface area contributed by atoms with E-state index in [1.54, 1.807) is 31.2 Å². The van der Waals surface area contributed by atoms with E-state index in [0.717, 1.165) is 0 Å². The maximum atomic E-state index is 11.3. The standard InChI is InChI=1S/C10H12O2/c1-2-9(11)10(12)8-6-4-3-5-7-8/h3-7,9,11H,2H2,1H3/t9-/m0/s1. The third-order valence-corrected chi connectivity index (χ3v) is 1.75. The molecular formula is C10H12O2. The molecule has 1 atom stereocenters. The first kappa shape index (κ1) is 8.94. The summed E-state index contributed by atoms with van der Waals surface area (Å²) >= 11 is 0. The smallest absolute Gasteiger partial charge is 0.191 e. The van der Waals surface area contributed by atoms with Crippen molar-refractivity contribution in [1.29, 1.82) is 0 Å². The van der Waals surface area contributed by atoms with Crippen LogP contribution in [0, 0.1) is 0 Å². The van der Waals surface area contributed by atoms with Crippen molar-refractivity contribution in [3.8, 4) is 0 Å². The number of Topliss-reactive ketones (excluding diaryl/α,β-unsaturated/α-hetero) is 1. The van der Waals surface area contributed by atoms with Gasteiger partial charge in [-0.2, -0.15) is 0 Å². The number of carbonyl (C=O) groups excluding carboxylic acids is 1. The van der Waals surface area contributed by atoms with Gasteiger partial charge in [-0.25, -0.2) is 0 Å². The molecule has 2 heteroatoms. The first-order valence-electron chi connectivity index (χ1n) is 4.03. The third kappa shape index (κ3) is 1.92. The van der Waals surface area contributed by atoms with Gasteiger partial charge in [-0.15, -0.1) is 0 Å². The van der Waals surface area contributed by atoms with Gasteiger partial charge >= 0.3 is 0 Å². The number of aliphatic hydroxyl groups is 1. The minimum atomic E-state index is -0.854. The summed E-state index contributed by atoms with van der Waals surface area (Å²) in [6.07, 6.45) is -0.388. The van der Waals surface area contributed by atoms with Gasteiger partial charge < -0.3 is 5.11 Å². The van der Waals surface area contributed by atoms with Gasteiger partial charge in [0.1, 0.15) is 6.10 Å². The summed E-state index contributed by atoms with van der Waals surface area (Å²) in [6, 6.07) is 8.84. The normalized spacial score (nSPS) is 12.5. The summed E-state index contributed by atoms with van der Waals surface area (Å²) < 4.78 is 0. The van der Waals surface area contributed by atoms with Crippen molar-refractivity contribution in [2.24, 2.45) is 0 Å². The number of rotatable bonds is 3. The molecule has 0 unspecified atom stereocenters. The second kappa shape index (κ2) is 4.02. The summed E-state index contributed by atoms with van der Waals surface area (Å²) in [7, 11) is 0. The Morgan fingerprint density at radius 1 is 1.42 bits per heavy atom. The molecule has 0 heterocycles. The lowest BCUT2D eigenvalue weighted by atomic mass is 10.1. The van der Waals surface area contributed by atoms with E-state index in [-0.39, 0.29) is 5.78 Å². The minimum absolute atomic E-state index is 0.196. The highest BCUT2D eigenvalue weighted by molar-refractivity contribution is 5.99. The van der Waals surface area contributed by atoms with Gasteiger partial charge in [0.05, 0.1) is 0 Å². The van der Waals surface area contributed by atoms with Crippen LogP contribution in [0.4, 0.5) is 0 Å². The largest absolute Gasteiger partial charge is 0.385 e. The SMILES string of the molecule is CC[C@H](O)C(=O)c1ccccc1. The van der Waals surface area contributed by atoms with Crippen LogP contribution in [0.3, 0.4) is 0 Å². The lowest BCUT2D eigenvalue weighted by Crippen LogP contribution is -2.18. The first-order chi connectivity index (χ1) is 5.75. The second-order valence-corrected chi connectivity index (χ2v) is 2.65. The van der Waals surface area contributed by atoms with Crippen molar-refractivity contribution in [3.05, 3.63) is 35.9 Å². The van der Waals surface area contributed by atoms with Crippen molar-refractivity contribution >= 4 is 5.78 Å². The Morgan fingerprint density at radius 2 is 2.00 bits per heavy atom. The molecule has 0 aliphatic heterocycles.